The van der Waals surface area contributed by atoms with Crippen LogP contribution in [0.25, 0.3) is 11.1 Å². The van der Waals surface area contributed by atoms with E-state index in [9.17, 15) is 32.7 Å². The Morgan fingerprint density at radius 1 is 1.00 bits per heavy atom. The Morgan fingerprint density at radius 2 is 1.73 bits per heavy atom. The normalized spacial score (nSPS) is 16.2. The average Bonchev–Trinajstić information content (AvgIpc) is 2.99. The molecule has 2 atom stereocenters. The van der Waals surface area contributed by atoms with E-state index in [4.69, 9.17) is 4.74 Å². The van der Waals surface area contributed by atoms with Gasteiger partial charge in [-0.2, -0.15) is 13.2 Å². The Bertz CT molecular complexity index is 1970. The molecule has 0 spiro atoms. The van der Waals surface area contributed by atoms with Crippen molar-refractivity contribution >= 4 is 11.9 Å². The van der Waals surface area contributed by atoms with Crippen LogP contribution in [0.1, 0.15) is 51.9 Å². The largest absolute Gasteiger partial charge is 0.481 e. The molecule has 0 unspecified atom stereocenters. The molecule has 1 amide bonds. The molecule has 4 aromatic rings. The molecule has 1 aromatic heterocycles. The standard InChI is InChI=1S/C35H32F5N3O5/c1-18-6-5-7-28-31(18)21-12-19(2)32(37)24(13-21)27(16-30(45)46)41-34(47)33(23-14-22(48-28)8-9-26(23)36)43-17-20(10-11-42(3)4)25(15-29(43)44)35(38,39)40/h5-9,12-15,17,27,33H,10-11,16H2,1-4H3,(H,41,47)(H,45,46)/t27-,33-/m0/s1. The molecule has 48 heavy (non-hydrogen) atoms. The first-order valence-corrected chi connectivity index (χ1v) is 14.9. The Morgan fingerprint density at radius 3 is 2.40 bits per heavy atom. The van der Waals surface area contributed by atoms with Crippen LogP contribution in [-0.2, 0) is 22.2 Å². The lowest BCUT2D eigenvalue weighted by atomic mass is 9.92. The van der Waals surface area contributed by atoms with Gasteiger partial charge in [0.05, 0.1) is 18.0 Å². The van der Waals surface area contributed by atoms with Crippen LogP contribution in [0.15, 0.2) is 65.6 Å². The number of pyridine rings is 1. The van der Waals surface area contributed by atoms with Gasteiger partial charge in [-0.15, -0.1) is 0 Å². The van der Waals surface area contributed by atoms with Crippen molar-refractivity contribution in [1.29, 1.82) is 0 Å². The molecule has 2 N–H and O–H groups in total. The summed E-state index contributed by atoms with van der Waals surface area (Å²) in [7, 11) is 3.29. The SMILES string of the molecule is Cc1cc2cc(c1F)[C@H](CC(=O)O)NC(=O)[C@@H](n1cc(CCN(C)C)c(C(F)(F)F)cc1=O)c1cc(ccc1F)Oc1cccc(C)c1-2. The van der Waals surface area contributed by atoms with Crippen LogP contribution < -0.4 is 15.6 Å². The van der Waals surface area contributed by atoms with Gasteiger partial charge in [0.25, 0.3) is 5.56 Å². The highest BCUT2D eigenvalue weighted by molar-refractivity contribution is 5.85. The molecule has 8 nitrogen and oxygen atoms in total. The third-order valence-electron chi connectivity index (χ3n) is 8.19. The van der Waals surface area contributed by atoms with Gasteiger partial charge in [-0.05, 0) is 93.0 Å². The second kappa shape index (κ2) is 13.2. The average molecular weight is 670 g/mol. The number of likely N-dealkylation sites (N-methyl/N-ethyl adjacent to an activating group) is 1. The number of carbonyl (C=O) groups is 2. The van der Waals surface area contributed by atoms with E-state index in [-0.39, 0.29) is 41.2 Å². The van der Waals surface area contributed by atoms with Crippen LogP contribution in [0.5, 0.6) is 11.5 Å². The first-order chi connectivity index (χ1) is 22.5. The number of rotatable bonds is 6. The van der Waals surface area contributed by atoms with E-state index in [0.29, 0.717) is 27.3 Å². The number of nitrogens with zero attached hydrogens (tertiary/aromatic N) is 2. The Hall–Kier alpha value is -5.04. The number of ether oxygens (including phenoxy) is 1. The van der Waals surface area contributed by atoms with E-state index in [1.54, 1.807) is 50.2 Å². The van der Waals surface area contributed by atoms with Crippen LogP contribution in [0.4, 0.5) is 22.0 Å². The van der Waals surface area contributed by atoms with Gasteiger partial charge in [-0.1, -0.05) is 12.1 Å². The lowest BCUT2D eigenvalue weighted by Crippen LogP contribution is -2.41. The topological polar surface area (TPSA) is 101 Å². The van der Waals surface area contributed by atoms with Gasteiger partial charge < -0.3 is 20.1 Å². The predicted molar refractivity (Wildman–Crippen MR) is 167 cm³/mol. The molecule has 1 aliphatic heterocycles. The third-order valence-corrected chi connectivity index (χ3v) is 8.19. The van der Waals surface area contributed by atoms with Crippen molar-refractivity contribution in [2.45, 2.75) is 44.9 Å². The van der Waals surface area contributed by atoms with Crippen LogP contribution in [0, 0.1) is 25.5 Å². The van der Waals surface area contributed by atoms with Crippen molar-refractivity contribution in [3.8, 4) is 22.6 Å². The summed E-state index contributed by atoms with van der Waals surface area (Å²) in [5.41, 5.74) is -1.66. The number of benzene rings is 3. The fourth-order valence-corrected chi connectivity index (χ4v) is 5.89. The zero-order valence-corrected chi connectivity index (χ0v) is 26.4. The van der Waals surface area contributed by atoms with Crippen molar-refractivity contribution in [2.75, 3.05) is 20.6 Å². The zero-order chi connectivity index (χ0) is 35.1. The third kappa shape index (κ3) is 6.96. The molecule has 2 heterocycles. The van der Waals surface area contributed by atoms with E-state index >= 15 is 8.78 Å². The molecule has 1 aliphatic rings. The highest BCUT2D eigenvalue weighted by Crippen LogP contribution is 2.40. The molecule has 252 valence electrons. The Balaban J connectivity index is 1.82. The quantitative estimate of drug-likeness (QED) is 0.226. The zero-order valence-electron chi connectivity index (χ0n) is 26.4. The van der Waals surface area contributed by atoms with Crippen LogP contribution in [-0.4, -0.2) is 47.1 Å². The number of nitrogens with one attached hydrogen (secondary N) is 1. The predicted octanol–water partition coefficient (Wildman–Crippen LogP) is 6.56. The number of carbonyl (C=O) groups excluding carboxylic acids is 1. The van der Waals surface area contributed by atoms with E-state index in [1.807, 2.05) is 0 Å². The summed E-state index contributed by atoms with van der Waals surface area (Å²) in [4.78, 5) is 41.3. The summed E-state index contributed by atoms with van der Waals surface area (Å²) >= 11 is 0. The van der Waals surface area contributed by atoms with Crippen LogP contribution in [0.3, 0.4) is 0 Å². The number of halogens is 5. The number of carboxylic acid groups (broad SMARTS) is 1. The second-order valence-electron chi connectivity index (χ2n) is 12.0. The lowest BCUT2D eigenvalue weighted by Gasteiger charge is -2.26. The number of hydrogen-bond donors (Lipinski definition) is 2. The molecule has 0 saturated heterocycles. The van der Waals surface area contributed by atoms with E-state index in [0.717, 1.165) is 18.3 Å². The fraction of sp³-hybridized carbons (Fsp3) is 0.286. The molecule has 0 aliphatic carbocycles. The molecule has 3 aromatic carbocycles. The van der Waals surface area contributed by atoms with Gasteiger partial charge >= 0.3 is 12.1 Å². The molecule has 4 bridgehead atoms. The number of hydrogen-bond acceptors (Lipinski definition) is 5. The monoisotopic (exact) mass is 669 g/mol. The highest BCUT2D eigenvalue weighted by Gasteiger charge is 2.37. The molecule has 5 rings (SSSR count). The summed E-state index contributed by atoms with van der Waals surface area (Å²) in [5, 5.41) is 12.3. The van der Waals surface area contributed by atoms with Crippen LogP contribution in [0.2, 0.25) is 0 Å². The van der Waals surface area contributed by atoms with Crippen molar-refractivity contribution in [1.82, 2.24) is 14.8 Å². The second-order valence-corrected chi connectivity index (χ2v) is 12.0. The number of carboxylic acids is 1. The van der Waals surface area contributed by atoms with Crippen molar-refractivity contribution in [2.24, 2.45) is 0 Å². The van der Waals surface area contributed by atoms with Crippen molar-refractivity contribution in [3.63, 3.8) is 0 Å². The molecule has 0 radical (unpaired) electrons. The fourth-order valence-electron chi connectivity index (χ4n) is 5.89. The van der Waals surface area contributed by atoms with E-state index in [2.05, 4.69) is 5.32 Å². The van der Waals surface area contributed by atoms with Gasteiger partial charge in [-0.3, -0.25) is 19.0 Å². The van der Waals surface area contributed by atoms with Crippen LogP contribution >= 0.6 is 0 Å². The number of aliphatic carboxylic acids is 1. The number of amides is 1. The van der Waals surface area contributed by atoms with Gasteiger partial charge in [0, 0.05) is 35.5 Å². The highest BCUT2D eigenvalue weighted by atomic mass is 19.4. The van der Waals surface area contributed by atoms with Gasteiger partial charge in [0.15, 0.2) is 0 Å². The molecule has 0 fully saturated rings. The summed E-state index contributed by atoms with van der Waals surface area (Å²) in [5.74, 6) is -4.07. The lowest BCUT2D eigenvalue weighted by molar-refractivity contribution is -0.139. The Labute approximate surface area is 272 Å². The molecular weight excluding hydrogens is 637 g/mol. The smallest absolute Gasteiger partial charge is 0.416 e. The van der Waals surface area contributed by atoms with E-state index < -0.39 is 64.9 Å². The van der Waals surface area contributed by atoms with Gasteiger partial charge in [0.2, 0.25) is 5.91 Å². The summed E-state index contributed by atoms with van der Waals surface area (Å²) in [6, 6.07) is 8.32. The molecule has 13 heteroatoms. The molecular formula is C35H32F5N3O5. The molecule has 0 saturated carbocycles. The number of alkyl halides is 3. The maximum absolute atomic E-state index is 15.8. The number of aromatic nitrogens is 1. The summed E-state index contributed by atoms with van der Waals surface area (Å²) in [6.07, 6.45) is -5.05. The van der Waals surface area contributed by atoms with Gasteiger partial charge in [0.1, 0.15) is 29.2 Å². The van der Waals surface area contributed by atoms with Crippen molar-refractivity contribution < 1.29 is 41.4 Å². The van der Waals surface area contributed by atoms with E-state index in [1.165, 1.54) is 19.1 Å². The summed E-state index contributed by atoms with van der Waals surface area (Å²) < 4.78 is 80.6. The maximum atomic E-state index is 15.8. The minimum Gasteiger partial charge on any atom is -0.481 e. The van der Waals surface area contributed by atoms with Crippen molar-refractivity contribution in [3.05, 3.63) is 116 Å². The minimum atomic E-state index is -4.91. The first-order valence-electron chi connectivity index (χ1n) is 14.9. The maximum Gasteiger partial charge on any atom is 0.416 e. The Kier molecular flexibility index (Phi) is 9.45. The van der Waals surface area contributed by atoms with Gasteiger partial charge in [-0.25, -0.2) is 8.78 Å². The summed E-state index contributed by atoms with van der Waals surface area (Å²) in [6.45, 7) is 3.40. The number of fused-ring (bicyclic) bond motifs is 6. The first kappa shape index (κ1) is 34.3. The number of aryl methyl sites for hydroxylation is 2. The minimum absolute atomic E-state index is 0.0317.